The van der Waals surface area contributed by atoms with E-state index in [0.29, 0.717) is 11.6 Å². The largest absolute Gasteiger partial charge is 0.298 e. The van der Waals surface area contributed by atoms with Crippen molar-refractivity contribution in [2.24, 2.45) is 0 Å². The van der Waals surface area contributed by atoms with Gasteiger partial charge < -0.3 is 0 Å². The highest BCUT2D eigenvalue weighted by atomic mass is 15.2. The highest BCUT2D eigenvalue weighted by Gasteiger charge is 2.34. The van der Waals surface area contributed by atoms with Gasteiger partial charge in [-0.15, -0.1) is 0 Å². The number of nitrogens with zero attached hydrogens (tertiary/aromatic N) is 3. The van der Waals surface area contributed by atoms with Gasteiger partial charge in [0.2, 0.25) is 0 Å². The molecule has 2 fully saturated rings. The van der Waals surface area contributed by atoms with Gasteiger partial charge in [-0.25, -0.2) is 0 Å². The molecule has 2 rings (SSSR count). The van der Waals surface area contributed by atoms with E-state index in [1.807, 2.05) is 0 Å². The van der Waals surface area contributed by atoms with Crippen molar-refractivity contribution in [2.45, 2.75) is 64.1 Å². The van der Waals surface area contributed by atoms with Crippen molar-refractivity contribution in [3.63, 3.8) is 0 Å². The van der Waals surface area contributed by atoms with Crippen LogP contribution in [0.2, 0.25) is 0 Å². The zero-order valence-corrected chi connectivity index (χ0v) is 11.4. The van der Waals surface area contributed by atoms with Crippen LogP contribution >= 0.6 is 0 Å². The van der Waals surface area contributed by atoms with E-state index in [9.17, 15) is 0 Å². The third kappa shape index (κ3) is 2.81. The molecule has 2 heterocycles. The van der Waals surface area contributed by atoms with Gasteiger partial charge in [-0.2, -0.15) is 5.26 Å². The normalized spacial score (nSPS) is 29.4. The Morgan fingerprint density at radius 1 is 1.06 bits per heavy atom. The summed E-state index contributed by atoms with van der Waals surface area (Å²) in [5.41, 5.74) is 0.296. The Morgan fingerprint density at radius 2 is 1.71 bits per heavy atom. The topological polar surface area (TPSA) is 30.3 Å². The predicted molar refractivity (Wildman–Crippen MR) is 69.7 cm³/mol. The fourth-order valence-electron chi connectivity index (χ4n) is 3.23. The standard InChI is InChI=1S/C14H25N3/c1-14(2,3)16-9-6-12(7-10-16)17-8-4-5-13(17)11-15/h12-13H,4-10H2,1-3H3/t13-/m0/s1. The summed E-state index contributed by atoms with van der Waals surface area (Å²) in [7, 11) is 0. The number of piperidine rings is 1. The molecule has 0 amide bonds. The van der Waals surface area contributed by atoms with Crippen molar-refractivity contribution < 1.29 is 0 Å². The molecule has 0 N–H and O–H groups in total. The van der Waals surface area contributed by atoms with E-state index in [-0.39, 0.29) is 6.04 Å². The molecule has 2 aliphatic rings. The average Bonchev–Trinajstić information content (AvgIpc) is 2.76. The van der Waals surface area contributed by atoms with E-state index in [1.165, 1.54) is 32.4 Å². The molecule has 0 radical (unpaired) electrons. The first kappa shape index (κ1) is 12.9. The van der Waals surface area contributed by atoms with Crippen LogP contribution in [0.25, 0.3) is 0 Å². The molecule has 0 unspecified atom stereocenters. The zero-order valence-electron chi connectivity index (χ0n) is 11.4. The van der Waals surface area contributed by atoms with Crippen LogP contribution in [0.4, 0.5) is 0 Å². The third-order valence-electron chi connectivity index (χ3n) is 4.33. The van der Waals surface area contributed by atoms with Gasteiger partial charge in [-0.3, -0.25) is 9.80 Å². The Balaban J connectivity index is 1.89. The predicted octanol–water partition coefficient (Wildman–Crippen LogP) is 2.24. The summed E-state index contributed by atoms with van der Waals surface area (Å²) >= 11 is 0. The summed E-state index contributed by atoms with van der Waals surface area (Å²) in [4.78, 5) is 5.03. The Kier molecular flexibility index (Phi) is 3.75. The molecule has 0 spiro atoms. The van der Waals surface area contributed by atoms with Crippen molar-refractivity contribution in [1.82, 2.24) is 9.80 Å². The first-order valence-corrected chi connectivity index (χ1v) is 6.93. The third-order valence-corrected chi connectivity index (χ3v) is 4.33. The Labute approximate surface area is 105 Å². The number of nitriles is 1. The van der Waals surface area contributed by atoms with Crippen LogP contribution in [0, 0.1) is 11.3 Å². The monoisotopic (exact) mass is 235 g/mol. The lowest BCUT2D eigenvalue weighted by atomic mass is 9.97. The highest BCUT2D eigenvalue weighted by Crippen LogP contribution is 2.28. The molecule has 1 atom stereocenters. The fraction of sp³-hybridized carbons (Fsp3) is 0.929. The van der Waals surface area contributed by atoms with E-state index in [1.54, 1.807) is 0 Å². The molecule has 17 heavy (non-hydrogen) atoms. The maximum atomic E-state index is 9.15. The molecule has 0 aromatic carbocycles. The van der Waals surface area contributed by atoms with Crippen LogP contribution in [0.1, 0.15) is 46.5 Å². The second-order valence-corrected chi connectivity index (χ2v) is 6.41. The Morgan fingerprint density at radius 3 is 2.24 bits per heavy atom. The van der Waals surface area contributed by atoms with E-state index in [4.69, 9.17) is 5.26 Å². The summed E-state index contributed by atoms with van der Waals surface area (Å²) in [5, 5.41) is 9.15. The van der Waals surface area contributed by atoms with E-state index in [2.05, 4.69) is 36.6 Å². The molecule has 2 aliphatic heterocycles. The van der Waals surface area contributed by atoms with Crippen molar-refractivity contribution in [3.8, 4) is 6.07 Å². The van der Waals surface area contributed by atoms with E-state index < -0.39 is 0 Å². The van der Waals surface area contributed by atoms with Gasteiger partial charge in [0.25, 0.3) is 0 Å². The molecular weight excluding hydrogens is 210 g/mol. The highest BCUT2D eigenvalue weighted by molar-refractivity contribution is 4.99. The smallest absolute Gasteiger partial charge is 0.0980 e. The van der Waals surface area contributed by atoms with Gasteiger partial charge in [0, 0.05) is 24.7 Å². The van der Waals surface area contributed by atoms with Gasteiger partial charge in [0.1, 0.15) is 0 Å². The molecule has 0 bridgehead atoms. The summed E-state index contributed by atoms with van der Waals surface area (Å²) in [6.07, 6.45) is 4.75. The molecule has 2 saturated heterocycles. The number of hydrogen-bond acceptors (Lipinski definition) is 3. The lowest BCUT2D eigenvalue weighted by Gasteiger charge is -2.43. The molecule has 3 nitrogen and oxygen atoms in total. The minimum Gasteiger partial charge on any atom is -0.298 e. The quantitative estimate of drug-likeness (QED) is 0.698. The number of likely N-dealkylation sites (tertiary alicyclic amines) is 2. The van der Waals surface area contributed by atoms with Crippen molar-refractivity contribution in [3.05, 3.63) is 0 Å². The minimum atomic E-state index is 0.196. The maximum absolute atomic E-state index is 9.15. The number of rotatable bonds is 1. The van der Waals surface area contributed by atoms with E-state index >= 15 is 0 Å². The first-order valence-electron chi connectivity index (χ1n) is 6.93. The lowest BCUT2D eigenvalue weighted by Crippen LogP contribution is -2.51. The zero-order chi connectivity index (χ0) is 12.5. The van der Waals surface area contributed by atoms with Crippen LogP contribution in [0.15, 0.2) is 0 Å². The summed E-state index contributed by atoms with van der Waals surface area (Å²) < 4.78 is 0. The van der Waals surface area contributed by atoms with Crippen molar-refractivity contribution in [2.75, 3.05) is 19.6 Å². The molecule has 0 aliphatic carbocycles. The Bertz CT molecular complexity index is 292. The minimum absolute atomic E-state index is 0.196. The molecule has 3 heteroatoms. The second kappa shape index (κ2) is 4.96. The van der Waals surface area contributed by atoms with Crippen LogP contribution in [-0.2, 0) is 0 Å². The Hall–Kier alpha value is -0.590. The second-order valence-electron chi connectivity index (χ2n) is 6.41. The first-order chi connectivity index (χ1) is 8.02. The summed E-state index contributed by atoms with van der Waals surface area (Å²) in [6.45, 7) is 10.4. The van der Waals surface area contributed by atoms with Gasteiger partial charge in [0.05, 0.1) is 12.1 Å². The van der Waals surface area contributed by atoms with Crippen LogP contribution in [0.5, 0.6) is 0 Å². The van der Waals surface area contributed by atoms with Crippen LogP contribution < -0.4 is 0 Å². The maximum Gasteiger partial charge on any atom is 0.0980 e. The lowest BCUT2D eigenvalue weighted by molar-refractivity contribution is 0.0583. The van der Waals surface area contributed by atoms with E-state index in [0.717, 1.165) is 13.0 Å². The average molecular weight is 235 g/mol. The van der Waals surface area contributed by atoms with Gasteiger partial charge in [-0.1, -0.05) is 0 Å². The van der Waals surface area contributed by atoms with Gasteiger partial charge in [0.15, 0.2) is 0 Å². The van der Waals surface area contributed by atoms with Crippen molar-refractivity contribution >= 4 is 0 Å². The molecule has 0 aromatic heterocycles. The fourth-order valence-corrected chi connectivity index (χ4v) is 3.23. The van der Waals surface area contributed by atoms with Gasteiger partial charge >= 0.3 is 0 Å². The summed E-state index contributed by atoms with van der Waals surface area (Å²) in [6, 6.07) is 3.31. The molecular formula is C14H25N3. The SMILES string of the molecule is CC(C)(C)N1CCC(N2CCC[C@H]2C#N)CC1. The van der Waals surface area contributed by atoms with Crippen molar-refractivity contribution in [1.29, 1.82) is 5.26 Å². The molecule has 0 aromatic rings. The van der Waals surface area contributed by atoms with Crippen LogP contribution in [0.3, 0.4) is 0 Å². The van der Waals surface area contributed by atoms with Gasteiger partial charge in [-0.05, 0) is 53.0 Å². The molecule has 0 saturated carbocycles. The summed E-state index contributed by atoms with van der Waals surface area (Å²) in [5.74, 6) is 0. The van der Waals surface area contributed by atoms with Crippen LogP contribution in [-0.4, -0.2) is 47.1 Å². The number of hydrogen-bond donors (Lipinski definition) is 0. The molecule has 96 valence electrons.